The minimum atomic E-state index is 0.120. The number of hydrogen-bond donors (Lipinski definition) is 1. The molecule has 0 radical (unpaired) electrons. The van der Waals surface area contributed by atoms with E-state index in [2.05, 4.69) is 30.7 Å². The first kappa shape index (κ1) is 13.8. The van der Waals surface area contributed by atoms with Crippen LogP contribution in [0.2, 0.25) is 0 Å². The maximum absolute atomic E-state index is 9.41. The van der Waals surface area contributed by atoms with Crippen molar-refractivity contribution >= 4 is 16.5 Å². The Morgan fingerprint density at radius 1 is 1.44 bits per heavy atom. The Hall–Kier alpha value is -0.650. The fraction of sp³-hybridized carbons (Fsp3) is 0.769. The Morgan fingerprint density at radius 2 is 2.22 bits per heavy atom. The number of nitrogens with zero attached hydrogens (tertiary/aromatic N) is 3. The van der Waals surface area contributed by atoms with Gasteiger partial charge in [-0.3, -0.25) is 0 Å². The minimum absolute atomic E-state index is 0.120. The van der Waals surface area contributed by atoms with Gasteiger partial charge in [0.2, 0.25) is 0 Å². The van der Waals surface area contributed by atoms with E-state index < -0.39 is 0 Å². The number of likely N-dealkylation sites (N-methyl/N-ethyl adjacent to an activating group) is 1. The largest absolute Gasteiger partial charge is 0.391 e. The number of aryl methyl sites for hydroxylation is 1. The van der Waals surface area contributed by atoms with E-state index in [1.165, 1.54) is 0 Å². The number of aliphatic hydroxyl groups excluding tert-OH is 1. The van der Waals surface area contributed by atoms with Crippen LogP contribution in [0.3, 0.4) is 0 Å². The summed E-state index contributed by atoms with van der Waals surface area (Å²) in [7, 11) is 2.16. The molecule has 4 nitrogen and oxygen atoms in total. The standard InChI is InChI=1S/C13H23N3OS/c1-4-5-11-12(9-17)18-13(14-11)16-7-6-15(3)8-10(16)2/h10,17H,4-9H2,1-3H3. The summed E-state index contributed by atoms with van der Waals surface area (Å²) in [6.07, 6.45) is 2.04. The van der Waals surface area contributed by atoms with E-state index in [1.807, 2.05) is 0 Å². The second kappa shape index (κ2) is 5.99. The molecule has 1 unspecified atom stereocenters. The molecule has 0 bridgehead atoms. The maximum atomic E-state index is 9.41. The molecule has 1 atom stereocenters. The van der Waals surface area contributed by atoms with Gasteiger partial charge in [-0.1, -0.05) is 24.7 Å². The van der Waals surface area contributed by atoms with Crippen molar-refractivity contribution in [3.8, 4) is 0 Å². The lowest BCUT2D eigenvalue weighted by atomic mass is 10.2. The Balaban J connectivity index is 2.17. The predicted molar refractivity (Wildman–Crippen MR) is 76.3 cm³/mol. The SMILES string of the molecule is CCCc1nc(N2CCN(C)CC2C)sc1CO. The van der Waals surface area contributed by atoms with Crippen molar-refractivity contribution in [2.24, 2.45) is 0 Å². The van der Waals surface area contributed by atoms with E-state index >= 15 is 0 Å². The van der Waals surface area contributed by atoms with Crippen LogP contribution in [0.1, 0.15) is 30.8 Å². The minimum Gasteiger partial charge on any atom is -0.391 e. The van der Waals surface area contributed by atoms with Crippen LogP contribution in [-0.4, -0.2) is 47.7 Å². The van der Waals surface area contributed by atoms with Crippen LogP contribution in [0.5, 0.6) is 0 Å². The molecule has 1 aliphatic heterocycles. The van der Waals surface area contributed by atoms with Gasteiger partial charge in [-0.2, -0.15) is 0 Å². The summed E-state index contributed by atoms with van der Waals surface area (Å²) in [5.74, 6) is 0. The zero-order valence-corrected chi connectivity index (χ0v) is 12.3. The van der Waals surface area contributed by atoms with Gasteiger partial charge in [-0.15, -0.1) is 0 Å². The average Bonchev–Trinajstić information content (AvgIpc) is 2.72. The molecule has 0 aromatic carbocycles. The molecule has 1 aliphatic rings. The highest BCUT2D eigenvalue weighted by Gasteiger charge is 2.25. The van der Waals surface area contributed by atoms with Crippen LogP contribution in [0.15, 0.2) is 0 Å². The lowest BCUT2D eigenvalue weighted by Crippen LogP contribution is -2.50. The van der Waals surface area contributed by atoms with Gasteiger partial charge in [0, 0.05) is 25.7 Å². The lowest BCUT2D eigenvalue weighted by Gasteiger charge is -2.38. The smallest absolute Gasteiger partial charge is 0.186 e. The van der Waals surface area contributed by atoms with Crippen LogP contribution >= 0.6 is 11.3 Å². The first-order valence-corrected chi connectivity index (χ1v) is 7.52. The first-order chi connectivity index (χ1) is 8.65. The Morgan fingerprint density at radius 3 is 2.83 bits per heavy atom. The fourth-order valence-corrected chi connectivity index (χ4v) is 3.57. The van der Waals surface area contributed by atoms with Crippen molar-refractivity contribution in [1.29, 1.82) is 0 Å². The van der Waals surface area contributed by atoms with Crippen molar-refractivity contribution in [2.45, 2.75) is 39.3 Å². The Labute approximate surface area is 113 Å². The third-order valence-electron chi connectivity index (χ3n) is 3.47. The van der Waals surface area contributed by atoms with E-state index in [9.17, 15) is 5.11 Å². The summed E-state index contributed by atoms with van der Waals surface area (Å²) >= 11 is 1.66. The van der Waals surface area contributed by atoms with Crippen LogP contribution in [0.25, 0.3) is 0 Å². The third kappa shape index (κ3) is 2.84. The summed E-state index contributed by atoms with van der Waals surface area (Å²) in [5.41, 5.74) is 1.09. The van der Waals surface area contributed by atoms with Gasteiger partial charge in [0.25, 0.3) is 0 Å². The molecule has 0 spiro atoms. The highest BCUT2D eigenvalue weighted by molar-refractivity contribution is 7.15. The van der Waals surface area contributed by atoms with Crippen LogP contribution < -0.4 is 4.90 Å². The molecule has 2 heterocycles. The monoisotopic (exact) mass is 269 g/mol. The molecule has 1 aromatic rings. The molecule has 1 N–H and O–H groups in total. The summed E-state index contributed by atoms with van der Waals surface area (Å²) in [5, 5.41) is 10.5. The molecular formula is C13H23N3OS. The molecule has 102 valence electrons. The molecule has 0 aliphatic carbocycles. The third-order valence-corrected chi connectivity index (χ3v) is 4.59. The fourth-order valence-electron chi connectivity index (χ4n) is 2.47. The zero-order chi connectivity index (χ0) is 13.1. The summed E-state index contributed by atoms with van der Waals surface area (Å²) in [6, 6.07) is 0.496. The van der Waals surface area contributed by atoms with E-state index in [-0.39, 0.29) is 6.61 Å². The van der Waals surface area contributed by atoms with Gasteiger partial charge in [0.1, 0.15) is 0 Å². The number of piperazine rings is 1. The van der Waals surface area contributed by atoms with E-state index in [0.29, 0.717) is 6.04 Å². The van der Waals surface area contributed by atoms with Gasteiger partial charge in [-0.25, -0.2) is 4.98 Å². The lowest BCUT2D eigenvalue weighted by molar-refractivity contribution is 0.275. The second-order valence-corrected chi connectivity index (χ2v) is 6.14. The first-order valence-electron chi connectivity index (χ1n) is 6.70. The normalized spacial score (nSPS) is 21.6. The predicted octanol–water partition coefficient (Wildman–Crippen LogP) is 1.73. The molecule has 1 fully saturated rings. The number of aliphatic hydroxyl groups is 1. The summed E-state index contributed by atoms with van der Waals surface area (Å²) in [4.78, 5) is 10.5. The van der Waals surface area contributed by atoms with E-state index in [4.69, 9.17) is 4.98 Å². The van der Waals surface area contributed by atoms with E-state index in [0.717, 1.165) is 48.2 Å². The van der Waals surface area contributed by atoms with Crippen molar-refractivity contribution < 1.29 is 5.11 Å². The number of hydrogen-bond acceptors (Lipinski definition) is 5. The molecule has 1 aromatic heterocycles. The van der Waals surface area contributed by atoms with Crippen molar-refractivity contribution in [2.75, 3.05) is 31.6 Å². The number of thiazole rings is 1. The van der Waals surface area contributed by atoms with Gasteiger partial charge in [0.15, 0.2) is 5.13 Å². The van der Waals surface area contributed by atoms with Gasteiger partial charge in [-0.05, 0) is 20.4 Å². The molecule has 0 amide bonds. The number of anilines is 1. The molecule has 5 heteroatoms. The van der Waals surface area contributed by atoms with Gasteiger partial charge in [0.05, 0.1) is 17.2 Å². The maximum Gasteiger partial charge on any atom is 0.186 e. The van der Waals surface area contributed by atoms with Gasteiger partial charge >= 0.3 is 0 Å². The Bertz CT molecular complexity index is 394. The van der Waals surface area contributed by atoms with Gasteiger partial charge < -0.3 is 14.9 Å². The zero-order valence-electron chi connectivity index (χ0n) is 11.5. The molecule has 18 heavy (non-hydrogen) atoms. The van der Waals surface area contributed by atoms with Crippen LogP contribution in [-0.2, 0) is 13.0 Å². The topological polar surface area (TPSA) is 39.6 Å². The molecule has 0 saturated carbocycles. The number of rotatable bonds is 4. The van der Waals surface area contributed by atoms with Crippen molar-refractivity contribution in [3.05, 3.63) is 10.6 Å². The van der Waals surface area contributed by atoms with Crippen LogP contribution in [0.4, 0.5) is 5.13 Å². The van der Waals surface area contributed by atoms with Crippen molar-refractivity contribution in [3.63, 3.8) is 0 Å². The summed E-state index contributed by atoms with van der Waals surface area (Å²) in [6.45, 7) is 7.71. The highest BCUT2D eigenvalue weighted by atomic mass is 32.1. The molecule has 2 rings (SSSR count). The number of aromatic nitrogens is 1. The highest BCUT2D eigenvalue weighted by Crippen LogP contribution is 2.29. The van der Waals surface area contributed by atoms with E-state index in [1.54, 1.807) is 11.3 Å². The average molecular weight is 269 g/mol. The second-order valence-electron chi connectivity index (χ2n) is 5.08. The summed E-state index contributed by atoms with van der Waals surface area (Å²) < 4.78 is 0. The Kier molecular flexibility index (Phi) is 4.59. The van der Waals surface area contributed by atoms with Crippen LogP contribution in [0, 0.1) is 0 Å². The molecule has 1 saturated heterocycles. The molecular weight excluding hydrogens is 246 g/mol. The quantitative estimate of drug-likeness (QED) is 0.903. The van der Waals surface area contributed by atoms with Crippen molar-refractivity contribution in [1.82, 2.24) is 9.88 Å².